The molecule has 2 rings (SSSR count). The molecule has 86 valence electrons. The number of rotatable bonds is 2. The van der Waals surface area contributed by atoms with Crippen LogP contribution in [0, 0.1) is 0 Å². The van der Waals surface area contributed by atoms with E-state index in [2.05, 4.69) is 10.2 Å². The van der Waals surface area contributed by atoms with Gasteiger partial charge in [0.25, 0.3) is 5.78 Å². The standard InChI is InChI=1S/C11H8N2O4/c1-2-17-11(16)6-4-3-5-7-8(6)9(14)10(15)13-12-7/h3-5H,2H2,1H3. The summed E-state index contributed by atoms with van der Waals surface area (Å²) in [5, 5.41) is 6.76. The SMILES string of the molecule is CCOC(=O)c1cccc2c1C(=O)C(=O)N=N2. The monoisotopic (exact) mass is 232 g/mol. The number of fused-ring (bicyclic) bond motifs is 1. The molecule has 0 N–H and O–H groups in total. The van der Waals surface area contributed by atoms with Crippen molar-refractivity contribution in [3.8, 4) is 0 Å². The molecular weight excluding hydrogens is 224 g/mol. The Morgan fingerprint density at radius 3 is 2.76 bits per heavy atom. The van der Waals surface area contributed by atoms with Crippen molar-refractivity contribution in [3.63, 3.8) is 0 Å². The minimum Gasteiger partial charge on any atom is -0.462 e. The molecule has 0 spiro atoms. The lowest BCUT2D eigenvalue weighted by Crippen LogP contribution is -2.19. The Morgan fingerprint density at radius 1 is 1.29 bits per heavy atom. The van der Waals surface area contributed by atoms with E-state index in [0.717, 1.165) is 0 Å². The van der Waals surface area contributed by atoms with E-state index < -0.39 is 17.7 Å². The van der Waals surface area contributed by atoms with Gasteiger partial charge < -0.3 is 4.74 Å². The summed E-state index contributed by atoms with van der Waals surface area (Å²) in [6.07, 6.45) is 0. The summed E-state index contributed by atoms with van der Waals surface area (Å²) in [5.41, 5.74) is 0.215. The average molecular weight is 232 g/mol. The normalized spacial score (nSPS) is 13.5. The van der Waals surface area contributed by atoms with Crippen LogP contribution < -0.4 is 0 Å². The van der Waals surface area contributed by atoms with Gasteiger partial charge in [0.1, 0.15) is 0 Å². The quantitative estimate of drug-likeness (QED) is 0.573. The van der Waals surface area contributed by atoms with E-state index in [4.69, 9.17) is 4.74 Å². The Morgan fingerprint density at radius 2 is 2.06 bits per heavy atom. The van der Waals surface area contributed by atoms with Crippen LogP contribution in [0.4, 0.5) is 5.69 Å². The molecule has 0 unspecified atom stereocenters. The Balaban J connectivity index is 2.57. The first-order chi connectivity index (χ1) is 8.15. The van der Waals surface area contributed by atoms with Crippen molar-refractivity contribution in [1.29, 1.82) is 0 Å². The van der Waals surface area contributed by atoms with Crippen molar-refractivity contribution in [2.75, 3.05) is 6.61 Å². The van der Waals surface area contributed by atoms with E-state index in [1.165, 1.54) is 12.1 Å². The summed E-state index contributed by atoms with van der Waals surface area (Å²) < 4.78 is 4.80. The van der Waals surface area contributed by atoms with E-state index in [1.807, 2.05) is 0 Å². The molecule has 1 aliphatic heterocycles. The Labute approximate surface area is 96.3 Å². The second-order valence-corrected chi connectivity index (χ2v) is 3.25. The highest BCUT2D eigenvalue weighted by atomic mass is 16.5. The van der Waals surface area contributed by atoms with Crippen molar-refractivity contribution in [2.24, 2.45) is 10.2 Å². The van der Waals surface area contributed by atoms with Crippen molar-refractivity contribution in [3.05, 3.63) is 29.3 Å². The third kappa shape index (κ3) is 1.84. The van der Waals surface area contributed by atoms with Crippen LogP contribution in [-0.4, -0.2) is 24.3 Å². The molecule has 0 aromatic heterocycles. The van der Waals surface area contributed by atoms with Crippen LogP contribution in [-0.2, 0) is 9.53 Å². The number of azo groups is 1. The molecule has 1 heterocycles. The number of ether oxygens (including phenoxy) is 1. The third-order valence-corrected chi connectivity index (χ3v) is 2.21. The van der Waals surface area contributed by atoms with Gasteiger partial charge in [-0.25, -0.2) is 4.79 Å². The predicted molar refractivity (Wildman–Crippen MR) is 56.3 cm³/mol. The van der Waals surface area contributed by atoms with Gasteiger partial charge in [-0.3, -0.25) is 9.59 Å². The maximum atomic E-state index is 11.6. The molecular formula is C11H8N2O4. The van der Waals surface area contributed by atoms with Gasteiger partial charge in [0.15, 0.2) is 0 Å². The number of Topliss-reactive ketones (excluding diaryl/α,β-unsaturated/α-hetero) is 1. The van der Waals surface area contributed by atoms with Crippen molar-refractivity contribution in [1.82, 2.24) is 0 Å². The molecule has 0 fully saturated rings. The Hall–Kier alpha value is -2.37. The van der Waals surface area contributed by atoms with E-state index >= 15 is 0 Å². The molecule has 6 heteroatoms. The van der Waals surface area contributed by atoms with Crippen molar-refractivity contribution >= 4 is 23.3 Å². The smallest absolute Gasteiger partial charge is 0.338 e. The summed E-state index contributed by atoms with van der Waals surface area (Å²) in [6, 6.07) is 4.47. The molecule has 1 aliphatic rings. The second-order valence-electron chi connectivity index (χ2n) is 3.25. The number of esters is 1. The number of benzene rings is 1. The van der Waals surface area contributed by atoms with E-state index in [9.17, 15) is 14.4 Å². The van der Waals surface area contributed by atoms with E-state index in [1.54, 1.807) is 13.0 Å². The van der Waals surface area contributed by atoms with Crippen LogP contribution in [0.2, 0.25) is 0 Å². The topological polar surface area (TPSA) is 85.2 Å². The van der Waals surface area contributed by atoms with Gasteiger partial charge in [0, 0.05) is 0 Å². The first kappa shape index (κ1) is 11.1. The van der Waals surface area contributed by atoms with Crippen LogP contribution in [0.1, 0.15) is 27.6 Å². The number of nitrogens with zero attached hydrogens (tertiary/aromatic N) is 2. The van der Waals surface area contributed by atoms with Crippen LogP contribution in [0.15, 0.2) is 28.4 Å². The van der Waals surface area contributed by atoms with Gasteiger partial charge in [-0.1, -0.05) is 6.07 Å². The van der Waals surface area contributed by atoms with Crippen molar-refractivity contribution in [2.45, 2.75) is 6.92 Å². The van der Waals surface area contributed by atoms with Crippen molar-refractivity contribution < 1.29 is 19.1 Å². The predicted octanol–water partition coefficient (Wildman–Crippen LogP) is 1.67. The highest BCUT2D eigenvalue weighted by Crippen LogP contribution is 2.28. The maximum absolute atomic E-state index is 11.6. The first-order valence-electron chi connectivity index (χ1n) is 4.95. The molecule has 1 aromatic carbocycles. The molecule has 17 heavy (non-hydrogen) atoms. The van der Waals surface area contributed by atoms with Gasteiger partial charge in [0.2, 0.25) is 0 Å². The summed E-state index contributed by atoms with van der Waals surface area (Å²) in [4.78, 5) is 34.4. The first-order valence-corrected chi connectivity index (χ1v) is 4.95. The summed E-state index contributed by atoms with van der Waals surface area (Å²) in [7, 11) is 0. The number of hydrogen-bond acceptors (Lipinski definition) is 5. The van der Waals surface area contributed by atoms with Crippen LogP contribution in [0.5, 0.6) is 0 Å². The molecule has 0 saturated heterocycles. The fourth-order valence-electron chi connectivity index (χ4n) is 1.49. The zero-order chi connectivity index (χ0) is 12.4. The number of hydrogen-bond donors (Lipinski definition) is 0. The summed E-state index contributed by atoms with van der Waals surface area (Å²) >= 11 is 0. The molecule has 0 atom stereocenters. The average Bonchev–Trinajstić information content (AvgIpc) is 2.33. The highest BCUT2D eigenvalue weighted by Gasteiger charge is 2.29. The van der Waals surface area contributed by atoms with Gasteiger partial charge >= 0.3 is 11.9 Å². The molecule has 1 amide bonds. The largest absolute Gasteiger partial charge is 0.462 e. The highest BCUT2D eigenvalue weighted by molar-refractivity contribution is 6.46. The lowest BCUT2D eigenvalue weighted by atomic mass is 10.0. The third-order valence-electron chi connectivity index (χ3n) is 2.21. The van der Waals surface area contributed by atoms with Crippen LogP contribution in [0.25, 0.3) is 0 Å². The number of amides is 1. The second kappa shape index (κ2) is 4.25. The lowest BCUT2D eigenvalue weighted by molar-refractivity contribution is -0.114. The molecule has 0 saturated carbocycles. The molecule has 1 aromatic rings. The summed E-state index contributed by atoms with van der Waals surface area (Å²) in [5.74, 6) is -2.46. The maximum Gasteiger partial charge on any atom is 0.338 e. The van der Waals surface area contributed by atoms with Gasteiger partial charge in [-0.2, -0.15) is 0 Å². The minimum atomic E-state index is -0.978. The van der Waals surface area contributed by atoms with E-state index in [0.29, 0.717) is 0 Å². The number of carbonyl (C=O) groups is 3. The molecule has 0 radical (unpaired) electrons. The fraction of sp³-hybridized carbons (Fsp3) is 0.182. The Kier molecular flexibility index (Phi) is 2.78. The van der Waals surface area contributed by atoms with Gasteiger partial charge in [-0.05, 0) is 19.1 Å². The lowest BCUT2D eigenvalue weighted by Gasteiger charge is -2.10. The zero-order valence-electron chi connectivity index (χ0n) is 8.97. The molecule has 0 aliphatic carbocycles. The van der Waals surface area contributed by atoms with Crippen LogP contribution in [0.3, 0.4) is 0 Å². The number of ketones is 1. The molecule has 0 bridgehead atoms. The zero-order valence-corrected chi connectivity index (χ0v) is 8.97. The summed E-state index contributed by atoms with van der Waals surface area (Å²) in [6.45, 7) is 1.84. The fourth-order valence-corrected chi connectivity index (χ4v) is 1.49. The molecule has 6 nitrogen and oxygen atoms in total. The minimum absolute atomic E-state index is 0.0362. The Bertz CT molecular complexity index is 548. The van der Waals surface area contributed by atoms with E-state index in [-0.39, 0.29) is 23.4 Å². The van der Waals surface area contributed by atoms with Gasteiger partial charge in [0.05, 0.1) is 23.4 Å². The van der Waals surface area contributed by atoms with Crippen LogP contribution >= 0.6 is 0 Å². The number of carbonyl (C=O) groups excluding carboxylic acids is 3. The van der Waals surface area contributed by atoms with Gasteiger partial charge in [-0.15, -0.1) is 10.2 Å².